The van der Waals surface area contributed by atoms with Crippen molar-refractivity contribution in [2.75, 3.05) is 0 Å². The van der Waals surface area contributed by atoms with Crippen molar-refractivity contribution < 1.29 is 15.3 Å². The number of phenols is 2. The van der Waals surface area contributed by atoms with Crippen LogP contribution in [0.1, 0.15) is 30.4 Å². The molecule has 0 aliphatic heterocycles. The highest BCUT2D eigenvalue weighted by Crippen LogP contribution is 2.14. The Morgan fingerprint density at radius 3 is 2.05 bits per heavy atom. The Morgan fingerprint density at radius 1 is 0.818 bits per heavy atom. The maximum Gasteiger partial charge on any atom is 0.115 e. The van der Waals surface area contributed by atoms with E-state index in [2.05, 4.69) is 0 Å². The second-order valence-corrected chi connectivity index (χ2v) is 5.43. The molecular weight excluding hydrogens is 276 g/mol. The molecule has 2 rings (SSSR count). The fourth-order valence-electron chi connectivity index (χ4n) is 2.23. The van der Waals surface area contributed by atoms with E-state index in [1.54, 1.807) is 24.3 Å². The van der Waals surface area contributed by atoms with Crippen LogP contribution in [0, 0.1) is 0 Å². The van der Waals surface area contributed by atoms with E-state index in [-0.39, 0.29) is 17.6 Å². The van der Waals surface area contributed by atoms with Gasteiger partial charge in [0, 0.05) is 0 Å². The summed E-state index contributed by atoms with van der Waals surface area (Å²) in [5, 5.41) is 28.4. The van der Waals surface area contributed by atoms with Gasteiger partial charge >= 0.3 is 0 Å². The molecule has 22 heavy (non-hydrogen) atoms. The smallest absolute Gasteiger partial charge is 0.115 e. The van der Waals surface area contributed by atoms with Crippen LogP contribution in [0.4, 0.5) is 0 Å². The number of allylic oxidation sites excluding steroid dienone is 1. The van der Waals surface area contributed by atoms with Crippen molar-refractivity contribution in [2.24, 2.45) is 0 Å². The summed E-state index contributed by atoms with van der Waals surface area (Å²) in [4.78, 5) is 0. The molecule has 3 N–H and O–H groups in total. The van der Waals surface area contributed by atoms with Crippen LogP contribution < -0.4 is 0 Å². The molecule has 0 aliphatic rings. The number of aliphatic hydroxyl groups excluding tert-OH is 1. The van der Waals surface area contributed by atoms with E-state index in [0.29, 0.717) is 0 Å². The van der Waals surface area contributed by atoms with E-state index in [9.17, 15) is 15.3 Å². The van der Waals surface area contributed by atoms with Crippen molar-refractivity contribution in [1.82, 2.24) is 0 Å². The number of aromatic hydroxyl groups is 2. The molecule has 0 aliphatic carbocycles. The zero-order chi connectivity index (χ0) is 15.8. The van der Waals surface area contributed by atoms with Crippen LogP contribution in [0.3, 0.4) is 0 Å². The molecule has 116 valence electrons. The standard InChI is InChI=1S/C19H22O3/c20-17(10-7-16-8-13-19(22)14-9-16)4-2-1-3-15-5-11-18(21)12-6-15/h1,3,5-6,8-9,11-14,17,20-22H,2,4,7,10H2/b3-1+/t17-/m0/s1. The quantitative estimate of drug-likeness (QED) is 0.727. The topological polar surface area (TPSA) is 60.7 Å². The first-order chi connectivity index (χ1) is 10.6. The molecule has 0 spiro atoms. The van der Waals surface area contributed by atoms with Gasteiger partial charge in [0.25, 0.3) is 0 Å². The summed E-state index contributed by atoms with van der Waals surface area (Å²) in [5.41, 5.74) is 2.16. The number of rotatable bonds is 7. The lowest BCUT2D eigenvalue weighted by molar-refractivity contribution is 0.156. The van der Waals surface area contributed by atoms with Crippen molar-refractivity contribution in [3.63, 3.8) is 0 Å². The molecule has 0 bridgehead atoms. The summed E-state index contributed by atoms with van der Waals surface area (Å²) in [7, 11) is 0. The van der Waals surface area contributed by atoms with Crippen molar-refractivity contribution in [1.29, 1.82) is 0 Å². The van der Waals surface area contributed by atoms with E-state index in [1.807, 2.05) is 36.4 Å². The maximum absolute atomic E-state index is 9.98. The summed E-state index contributed by atoms with van der Waals surface area (Å²) >= 11 is 0. The van der Waals surface area contributed by atoms with E-state index in [4.69, 9.17) is 0 Å². The molecule has 2 aromatic carbocycles. The van der Waals surface area contributed by atoms with Crippen LogP contribution in [-0.4, -0.2) is 21.4 Å². The number of hydrogen-bond acceptors (Lipinski definition) is 3. The normalized spacial score (nSPS) is 12.6. The Bertz CT molecular complexity index is 585. The first-order valence-electron chi connectivity index (χ1n) is 7.55. The number of hydrogen-bond donors (Lipinski definition) is 3. The molecule has 0 saturated carbocycles. The summed E-state index contributed by atoms with van der Waals surface area (Å²) in [6.45, 7) is 0. The second-order valence-electron chi connectivity index (χ2n) is 5.43. The first-order valence-corrected chi connectivity index (χ1v) is 7.55. The van der Waals surface area contributed by atoms with Gasteiger partial charge in [0.1, 0.15) is 11.5 Å². The molecule has 0 saturated heterocycles. The van der Waals surface area contributed by atoms with Gasteiger partial charge in [-0.25, -0.2) is 0 Å². The van der Waals surface area contributed by atoms with Crippen LogP contribution in [-0.2, 0) is 6.42 Å². The second kappa shape index (κ2) is 8.25. The molecular formula is C19H22O3. The Balaban J connectivity index is 1.68. The summed E-state index contributed by atoms with van der Waals surface area (Å²) in [6.07, 6.45) is 6.78. The molecule has 2 aromatic rings. The van der Waals surface area contributed by atoms with E-state index in [0.717, 1.165) is 36.8 Å². The van der Waals surface area contributed by atoms with Crippen molar-refractivity contribution in [3.8, 4) is 11.5 Å². The maximum atomic E-state index is 9.98. The van der Waals surface area contributed by atoms with Gasteiger partial charge in [0.15, 0.2) is 0 Å². The Kier molecular flexibility index (Phi) is 6.04. The number of benzene rings is 2. The molecule has 0 heterocycles. The van der Waals surface area contributed by atoms with Crippen LogP contribution in [0.25, 0.3) is 6.08 Å². The average molecular weight is 298 g/mol. The zero-order valence-corrected chi connectivity index (χ0v) is 12.5. The molecule has 0 aromatic heterocycles. The van der Waals surface area contributed by atoms with Gasteiger partial charge in [-0.3, -0.25) is 0 Å². The SMILES string of the molecule is Oc1ccc(/C=C/CC[C@H](O)CCc2ccc(O)cc2)cc1. The van der Waals surface area contributed by atoms with E-state index in [1.165, 1.54) is 0 Å². The van der Waals surface area contributed by atoms with Crippen molar-refractivity contribution in [2.45, 2.75) is 31.8 Å². The third kappa shape index (κ3) is 5.62. The van der Waals surface area contributed by atoms with Crippen LogP contribution in [0.5, 0.6) is 11.5 Å². The highest BCUT2D eigenvalue weighted by atomic mass is 16.3. The average Bonchev–Trinajstić information content (AvgIpc) is 2.53. The summed E-state index contributed by atoms with van der Waals surface area (Å²) in [6, 6.07) is 14.1. The molecule has 0 radical (unpaired) electrons. The first kappa shape index (κ1) is 16.1. The predicted molar refractivity (Wildman–Crippen MR) is 88.8 cm³/mol. The predicted octanol–water partition coefficient (Wildman–Crippen LogP) is 3.88. The highest BCUT2D eigenvalue weighted by molar-refractivity contribution is 5.50. The third-order valence-corrected chi connectivity index (χ3v) is 3.57. The Morgan fingerprint density at radius 2 is 1.41 bits per heavy atom. The Hall–Kier alpha value is -2.26. The van der Waals surface area contributed by atoms with Gasteiger partial charge in [-0.05, 0) is 61.1 Å². The molecule has 0 amide bonds. The lowest BCUT2D eigenvalue weighted by atomic mass is 10.0. The van der Waals surface area contributed by atoms with Gasteiger partial charge in [0.2, 0.25) is 0 Å². The molecule has 0 fully saturated rings. The van der Waals surface area contributed by atoms with E-state index >= 15 is 0 Å². The highest BCUT2D eigenvalue weighted by Gasteiger charge is 2.03. The molecule has 1 atom stereocenters. The lowest BCUT2D eigenvalue weighted by Crippen LogP contribution is -2.07. The van der Waals surface area contributed by atoms with Crippen LogP contribution in [0.2, 0.25) is 0 Å². The fourth-order valence-corrected chi connectivity index (χ4v) is 2.23. The van der Waals surface area contributed by atoms with Crippen LogP contribution >= 0.6 is 0 Å². The van der Waals surface area contributed by atoms with Crippen molar-refractivity contribution in [3.05, 3.63) is 65.7 Å². The number of aliphatic hydroxyl groups is 1. The Labute approximate surface area is 131 Å². The van der Waals surface area contributed by atoms with E-state index < -0.39 is 0 Å². The van der Waals surface area contributed by atoms with Gasteiger partial charge in [-0.2, -0.15) is 0 Å². The zero-order valence-electron chi connectivity index (χ0n) is 12.5. The largest absolute Gasteiger partial charge is 0.508 e. The van der Waals surface area contributed by atoms with Crippen LogP contribution in [0.15, 0.2) is 54.6 Å². The molecule has 3 nitrogen and oxygen atoms in total. The van der Waals surface area contributed by atoms with Gasteiger partial charge < -0.3 is 15.3 Å². The monoisotopic (exact) mass is 298 g/mol. The van der Waals surface area contributed by atoms with Gasteiger partial charge in [-0.15, -0.1) is 0 Å². The number of aryl methyl sites for hydroxylation is 1. The fraction of sp³-hybridized carbons (Fsp3) is 0.263. The van der Waals surface area contributed by atoms with Gasteiger partial charge in [-0.1, -0.05) is 36.4 Å². The molecule has 3 heteroatoms. The molecule has 0 unspecified atom stereocenters. The lowest BCUT2D eigenvalue weighted by Gasteiger charge is -2.09. The third-order valence-electron chi connectivity index (χ3n) is 3.57. The minimum absolute atomic E-state index is 0.266. The number of phenolic OH excluding ortho intramolecular Hbond substituents is 2. The minimum atomic E-state index is -0.321. The van der Waals surface area contributed by atoms with Crippen molar-refractivity contribution >= 4 is 6.08 Å². The minimum Gasteiger partial charge on any atom is -0.508 e. The summed E-state index contributed by atoms with van der Waals surface area (Å²) in [5.74, 6) is 0.533. The summed E-state index contributed by atoms with van der Waals surface area (Å²) < 4.78 is 0. The van der Waals surface area contributed by atoms with Gasteiger partial charge in [0.05, 0.1) is 6.10 Å².